The van der Waals surface area contributed by atoms with Gasteiger partial charge in [0.15, 0.2) is 0 Å². The van der Waals surface area contributed by atoms with Crippen LogP contribution in [0.4, 0.5) is 22.0 Å². The highest BCUT2D eigenvalue weighted by Gasteiger charge is 2.51. The molecule has 1 aliphatic carbocycles. The van der Waals surface area contributed by atoms with Gasteiger partial charge in [0, 0.05) is 11.5 Å². The van der Waals surface area contributed by atoms with E-state index in [9.17, 15) is 31.5 Å². The van der Waals surface area contributed by atoms with Crippen LogP contribution in [0.15, 0.2) is 24.3 Å². The fourth-order valence-electron chi connectivity index (χ4n) is 2.88. The summed E-state index contributed by atoms with van der Waals surface area (Å²) >= 11 is 0. The standard InChI is InChI=1S/C17H17F5O3/c18-16(19,14(23)11-6-2-1-3-7-11)15(24)25-10-12-8-4-5-9-13(12)17(20,21)22/h4-5,8-9,11H,1-3,6-7,10H2. The van der Waals surface area contributed by atoms with E-state index in [0.29, 0.717) is 12.8 Å². The number of Topliss-reactive ketones (excluding diaryl/α,β-unsaturated/α-hetero) is 1. The van der Waals surface area contributed by atoms with Gasteiger partial charge >= 0.3 is 18.1 Å². The number of ether oxygens (including phenoxy) is 1. The summed E-state index contributed by atoms with van der Waals surface area (Å²) < 4.78 is 70.8. The number of hydrogen-bond donors (Lipinski definition) is 0. The average Bonchev–Trinajstić information content (AvgIpc) is 2.59. The Hall–Kier alpha value is -1.99. The first-order chi connectivity index (χ1) is 11.6. The first-order valence-electron chi connectivity index (χ1n) is 7.88. The van der Waals surface area contributed by atoms with Gasteiger partial charge in [-0.05, 0) is 18.9 Å². The summed E-state index contributed by atoms with van der Waals surface area (Å²) in [6, 6.07) is 4.19. The number of ketones is 1. The lowest BCUT2D eigenvalue weighted by Gasteiger charge is -2.24. The molecule has 0 unspecified atom stereocenters. The topological polar surface area (TPSA) is 43.4 Å². The summed E-state index contributed by atoms with van der Waals surface area (Å²) in [6.07, 6.45) is -2.06. The van der Waals surface area contributed by atoms with E-state index in [4.69, 9.17) is 0 Å². The van der Waals surface area contributed by atoms with Crippen LogP contribution in [-0.2, 0) is 27.1 Å². The molecule has 0 radical (unpaired) electrons. The Bertz CT molecular complexity index is 633. The fourth-order valence-corrected chi connectivity index (χ4v) is 2.88. The van der Waals surface area contributed by atoms with Crippen molar-refractivity contribution in [3.63, 3.8) is 0 Å². The van der Waals surface area contributed by atoms with Gasteiger partial charge in [0.05, 0.1) is 5.56 Å². The molecule has 0 aromatic heterocycles. The summed E-state index contributed by atoms with van der Waals surface area (Å²) in [5.41, 5.74) is -1.53. The molecule has 1 aromatic rings. The minimum absolute atomic E-state index is 0.276. The molecule has 0 aliphatic heterocycles. The maximum Gasteiger partial charge on any atom is 0.416 e. The van der Waals surface area contributed by atoms with Gasteiger partial charge in [-0.2, -0.15) is 22.0 Å². The van der Waals surface area contributed by atoms with Gasteiger partial charge in [0.2, 0.25) is 5.78 Å². The molecule has 3 nitrogen and oxygen atoms in total. The summed E-state index contributed by atoms with van der Waals surface area (Å²) in [4.78, 5) is 23.5. The van der Waals surface area contributed by atoms with Crippen molar-refractivity contribution < 1.29 is 36.3 Å². The van der Waals surface area contributed by atoms with E-state index in [2.05, 4.69) is 4.74 Å². The third-order valence-corrected chi connectivity index (χ3v) is 4.22. The lowest BCUT2D eigenvalue weighted by Crippen LogP contribution is -2.43. The lowest BCUT2D eigenvalue weighted by molar-refractivity contribution is -0.180. The molecule has 0 atom stereocenters. The highest BCUT2D eigenvalue weighted by atomic mass is 19.4. The predicted octanol–water partition coefficient (Wildman–Crippen LogP) is 4.53. The van der Waals surface area contributed by atoms with E-state index in [1.807, 2.05) is 0 Å². The van der Waals surface area contributed by atoms with Gasteiger partial charge in [-0.1, -0.05) is 37.5 Å². The molecule has 8 heteroatoms. The molecule has 138 valence electrons. The molecule has 1 fully saturated rings. The minimum Gasteiger partial charge on any atom is -0.456 e. The number of halogens is 5. The first-order valence-corrected chi connectivity index (χ1v) is 7.88. The van der Waals surface area contributed by atoms with Crippen LogP contribution in [0.5, 0.6) is 0 Å². The van der Waals surface area contributed by atoms with Crippen molar-refractivity contribution in [2.75, 3.05) is 0 Å². The third kappa shape index (κ3) is 4.55. The molecular formula is C17H17F5O3. The lowest BCUT2D eigenvalue weighted by atomic mass is 9.84. The largest absolute Gasteiger partial charge is 0.456 e. The molecule has 0 bridgehead atoms. The minimum atomic E-state index is -4.70. The SMILES string of the molecule is O=C(OCc1ccccc1C(F)(F)F)C(F)(F)C(=O)C1CCCCC1. The third-order valence-electron chi connectivity index (χ3n) is 4.22. The van der Waals surface area contributed by atoms with Crippen LogP contribution < -0.4 is 0 Å². The number of benzene rings is 1. The molecule has 0 saturated heterocycles. The van der Waals surface area contributed by atoms with Crippen LogP contribution >= 0.6 is 0 Å². The van der Waals surface area contributed by atoms with Gasteiger partial charge in [-0.3, -0.25) is 4.79 Å². The molecule has 2 rings (SSSR count). The zero-order valence-electron chi connectivity index (χ0n) is 13.2. The van der Waals surface area contributed by atoms with Crippen LogP contribution in [0.1, 0.15) is 43.2 Å². The smallest absolute Gasteiger partial charge is 0.416 e. The molecule has 0 N–H and O–H groups in total. The van der Waals surface area contributed by atoms with E-state index < -0.39 is 47.5 Å². The van der Waals surface area contributed by atoms with Crippen LogP contribution in [0.3, 0.4) is 0 Å². The van der Waals surface area contributed by atoms with E-state index in [1.165, 1.54) is 6.07 Å². The van der Waals surface area contributed by atoms with E-state index in [-0.39, 0.29) is 12.8 Å². The zero-order valence-corrected chi connectivity index (χ0v) is 13.2. The second-order valence-electron chi connectivity index (χ2n) is 6.00. The summed E-state index contributed by atoms with van der Waals surface area (Å²) in [6.45, 7) is -0.984. The highest BCUT2D eigenvalue weighted by Crippen LogP contribution is 2.34. The number of rotatable bonds is 5. The summed E-state index contributed by atoms with van der Waals surface area (Å²) in [5, 5.41) is 0. The molecule has 1 aliphatic rings. The molecule has 0 amide bonds. The molecule has 25 heavy (non-hydrogen) atoms. The van der Waals surface area contributed by atoms with Crippen molar-refractivity contribution in [2.24, 2.45) is 5.92 Å². The van der Waals surface area contributed by atoms with E-state index in [0.717, 1.165) is 24.6 Å². The van der Waals surface area contributed by atoms with Crippen molar-refractivity contribution in [3.05, 3.63) is 35.4 Å². The van der Waals surface area contributed by atoms with Crippen molar-refractivity contribution in [1.82, 2.24) is 0 Å². The first kappa shape index (κ1) is 19.3. The van der Waals surface area contributed by atoms with Crippen molar-refractivity contribution in [3.8, 4) is 0 Å². The number of hydrogen-bond acceptors (Lipinski definition) is 3. The number of carbonyl (C=O) groups is 2. The van der Waals surface area contributed by atoms with E-state index in [1.54, 1.807) is 0 Å². The normalized spacial score (nSPS) is 16.5. The Morgan fingerprint density at radius 2 is 1.60 bits per heavy atom. The van der Waals surface area contributed by atoms with Crippen LogP contribution in [-0.4, -0.2) is 17.7 Å². The van der Waals surface area contributed by atoms with Crippen LogP contribution in [0.25, 0.3) is 0 Å². The van der Waals surface area contributed by atoms with Gasteiger partial charge in [0.1, 0.15) is 6.61 Å². The van der Waals surface area contributed by atoms with Gasteiger partial charge < -0.3 is 4.74 Å². The Morgan fingerprint density at radius 1 is 1.00 bits per heavy atom. The Morgan fingerprint density at radius 3 is 2.20 bits per heavy atom. The van der Waals surface area contributed by atoms with Crippen molar-refractivity contribution in [1.29, 1.82) is 0 Å². The predicted molar refractivity (Wildman–Crippen MR) is 77.8 cm³/mol. The molecule has 1 aromatic carbocycles. The molecule has 0 spiro atoms. The average molecular weight is 364 g/mol. The van der Waals surface area contributed by atoms with E-state index >= 15 is 0 Å². The highest BCUT2D eigenvalue weighted by molar-refractivity contribution is 6.06. The summed E-state index contributed by atoms with van der Waals surface area (Å²) in [7, 11) is 0. The number of esters is 1. The Labute approximate surface area is 141 Å². The molecular weight excluding hydrogens is 347 g/mol. The Kier molecular flexibility index (Phi) is 5.80. The molecule has 0 heterocycles. The van der Waals surface area contributed by atoms with Crippen LogP contribution in [0, 0.1) is 5.92 Å². The van der Waals surface area contributed by atoms with Gasteiger partial charge in [-0.15, -0.1) is 0 Å². The Balaban J connectivity index is 2.05. The monoisotopic (exact) mass is 364 g/mol. The number of alkyl halides is 5. The summed E-state index contributed by atoms with van der Waals surface area (Å²) in [5.74, 6) is -8.89. The maximum atomic E-state index is 14.0. The van der Waals surface area contributed by atoms with Crippen molar-refractivity contribution in [2.45, 2.75) is 50.8 Å². The quantitative estimate of drug-likeness (QED) is 0.438. The number of carbonyl (C=O) groups excluding carboxylic acids is 2. The second-order valence-corrected chi connectivity index (χ2v) is 6.00. The van der Waals surface area contributed by atoms with Crippen LogP contribution in [0.2, 0.25) is 0 Å². The zero-order chi connectivity index (χ0) is 18.7. The van der Waals surface area contributed by atoms with Crippen molar-refractivity contribution >= 4 is 11.8 Å². The van der Waals surface area contributed by atoms with Gasteiger partial charge in [0.25, 0.3) is 0 Å². The maximum absolute atomic E-state index is 14.0. The second kappa shape index (κ2) is 7.49. The van der Waals surface area contributed by atoms with Gasteiger partial charge in [-0.25, -0.2) is 4.79 Å². The molecule has 1 saturated carbocycles. The fraction of sp³-hybridized carbons (Fsp3) is 0.529.